The van der Waals surface area contributed by atoms with E-state index in [4.69, 9.17) is 10.5 Å². The monoisotopic (exact) mass is 268 g/mol. The summed E-state index contributed by atoms with van der Waals surface area (Å²) in [7, 11) is 0. The second-order valence-corrected chi connectivity index (χ2v) is 4.56. The number of amides is 1. The molecule has 0 unspecified atom stereocenters. The van der Waals surface area contributed by atoms with Crippen LogP contribution < -0.4 is 11.1 Å². The van der Waals surface area contributed by atoms with Gasteiger partial charge in [-0.05, 0) is 25.7 Å². The number of nitrogens with two attached hydrogens (primary N) is 1. The summed E-state index contributed by atoms with van der Waals surface area (Å²) >= 11 is 0. The molecule has 0 radical (unpaired) electrons. The van der Waals surface area contributed by atoms with Gasteiger partial charge >= 0.3 is 6.18 Å². The van der Waals surface area contributed by atoms with E-state index in [2.05, 4.69) is 5.32 Å². The maximum Gasteiger partial charge on any atom is 0.391 e. The van der Waals surface area contributed by atoms with Crippen molar-refractivity contribution < 1.29 is 22.7 Å². The van der Waals surface area contributed by atoms with Gasteiger partial charge in [0.25, 0.3) is 0 Å². The lowest BCUT2D eigenvalue weighted by Gasteiger charge is -2.30. The first-order valence-electron chi connectivity index (χ1n) is 6.05. The fourth-order valence-corrected chi connectivity index (χ4v) is 2.13. The predicted molar refractivity (Wildman–Crippen MR) is 59.8 cm³/mol. The third-order valence-electron chi connectivity index (χ3n) is 3.11. The maximum atomic E-state index is 12.4. The number of rotatable bonds is 6. The zero-order chi connectivity index (χ0) is 13.6. The Balaban J connectivity index is 2.07. The first-order chi connectivity index (χ1) is 8.39. The molecule has 0 aromatic carbocycles. The highest BCUT2D eigenvalue weighted by atomic mass is 19.4. The quantitative estimate of drug-likeness (QED) is 0.711. The van der Waals surface area contributed by atoms with Gasteiger partial charge in [0.1, 0.15) is 6.61 Å². The summed E-state index contributed by atoms with van der Waals surface area (Å²) in [6.45, 7) is 0.735. The Morgan fingerprint density at radius 1 is 1.28 bits per heavy atom. The van der Waals surface area contributed by atoms with Crippen LogP contribution in [-0.4, -0.2) is 37.9 Å². The van der Waals surface area contributed by atoms with Gasteiger partial charge < -0.3 is 15.8 Å². The van der Waals surface area contributed by atoms with Crippen molar-refractivity contribution in [3.63, 3.8) is 0 Å². The number of carbonyl (C=O) groups excluding carboxylic acids is 1. The Kier molecular flexibility index (Phi) is 5.87. The highest BCUT2D eigenvalue weighted by Gasteiger charge is 2.41. The molecule has 0 aromatic rings. The minimum Gasteiger partial charge on any atom is -0.370 e. The molecule has 0 saturated heterocycles. The molecule has 1 aliphatic carbocycles. The van der Waals surface area contributed by atoms with Crippen LogP contribution in [0.15, 0.2) is 0 Å². The van der Waals surface area contributed by atoms with Crippen molar-refractivity contribution in [2.75, 3.05) is 19.8 Å². The Bertz CT molecular complexity index is 264. The molecule has 1 rings (SSSR count). The lowest BCUT2D eigenvalue weighted by Crippen LogP contribution is -2.38. The SMILES string of the molecule is NC(=O)COCCNC1CCC(C(F)(F)F)CC1. The highest BCUT2D eigenvalue weighted by molar-refractivity contribution is 5.74. The number of primary amides is 1. The molecule has 3 N–H and O–H groups in total. The Morgan fingerprint density at radius 2 is 1.89 bits per heavy atom. The van der Waals surface area contributed by atoms with Crippen LogP contribution in [0.1, 0.15) is 25.7 Å². The molecule has 18 heavy (non-hydrogen) atoms. The third-order valence-corrected chi connectivity index (χ3v) is 3.11. The van der Waals surface area contributed by atoms with Gasteiger partial charge in [-0.1, -0.05) is 0 Å². The van der Waals surface area contributed by atoms with E-state index >= 15 is 0 Å². The molecule has 0 heterocycles. The Hall–Kier alpha value is -0.820. The number of halogens is 3. The molecule has 0 aromatic heterocycles. The van der Waals surface area contributed by atoms with E-state index in [9.17, 15) is 18.0 Å². The van der Waals surface area contributed by atoms with Gasteiger partial charge in [0, 0.05) is 12.6 Å². The van der Waals surface area contributed by atoms with Crippen molar-refractivity contribution in [3.05, 3.63) is 0 Å². The van der Waals surface area contributed by atoms with E-state index in [0.717, 1.165) is 0 Å². The van der Waals surface area contributed by atoms with Gasteiger partial charge in [0.05, 0.1) is 12.5 Å². The van der Waals surface area contributed by atoms with Crippen molar-refractivity contribution >= 4 is 5.91 Å². The topological polar surface area (TPSA) is 64.4 Å². The molecule has 0 aliphatic heterocycles. The van der Waals surface area contributed by atoms with Crippen molar-refractivity contribution in [2.24, 2.45) is 11.7 Å². The van der Waals surface area contributed by atoms with E-state index in [0.29, 0.717) is 26.0 Å². The fourth-order valence-electron chi connectivity index (χ4n) is 2.13. The molecule has 1 amide bonds. The van der Waals surface area contributed by atoms with Gasteiger partial charge in [0.2, 0.25) is 5.91 Å². The average Bonchev–Trinajstić information content (AvgIpc) is 2.27. The van der Waals surface area contributed by atoms with E-state index < -0.39 is 18.0 Å². The zero-order valence-corrected chi connectivity index (χ0v) is 10.1. The van der Waals surface area contributed by atoms with Crippen LogP contribution >= 0.6 is 0 Å². The number of nitrogens with one attached hydrogen (secondary N) is 1. The average molecular weight is 268 g/mol. The van der Waals surface area contributed by atoms with E-state index in [1.54, 1.807) is 0 Å². The van der Waals surface area contributed by atoms with E-state index in [1.807, 2.05) is 0 Å². The summed E-state index contributed by atoms with van der Waals surface area (Å²) in [4.78, 5) is 10.4. The molecule has 106 valence electrons. The van der Waals surface area contributed by atoms with Crippen LogP contribution in [0.3, 0.4) is 0 Å². The lowest BCUT2D eigenvalue weighted by atomic mass is 9.85. The maximum absolute atomic E-state index is 12.4. The lowest BCUT2D eigenvalue weighted by molar-refractivity contribution is -0.182. The second-order valence-electron chi connectivity index (χ2n) is 4.56. The highest BCUT2D eigenvalue weighted by Crippen LogP contribution is 2.37. The second kappa shape index (κ2) is 6.94. The summed E-state index contributed by atoms with van der Waals surface area (Å²) in [5, 5.41) is 3.12. The molecule has 1 aliphatic rings. The van der Waals surface area contributed by atoms with Crippen molar-refractivity contribution in [3.8, 4) is 0 Å². The van der Waals surface area contributed by atoms with Crippen molar-refractivity contribution in [1.82, 2.24) is 5.32 Å². The minimum absolute atomic E-state index is 0.112. The fraction of sp³-hybridized carbons (Fsp3) is 0.909. The van der Waals surface area contributed by atoms with Crippen molar-refractivity contribution in [2.45, 2.75) is 37.9 Å². The largest absolute Gasteiger partial charge is 0.391 e. The number of carbonyl (C=O) groups is 1. The molecule has 1 saturated carbocycles. The van der Waals surface area contributed by atoms with Gasteiger partial charge in [-0.3, -0.25) is 4.79 Å². The van der Waals surface area contributed by atoms with Crippen LogP contribution in [0.2, 0.25) is 0 Å². The molecular formula is C11H19F3N2O2. The van der Waals surface area contributed by atoms with Crippen LogP contribution in [0.4, 0.5) is 13.2 Å². The van der Waals surface area contributed by atoms with Gasteiger partial charge in [-0.15, -0.1) is 0 Å². The van der Waals surface area contributed by atoms with Crippen LogP contribution in [-0.2, 0) is 9.53 Å². The standard InChI is InChI=1S/C11H19F3N2O2/c12-11(13,14)8-1-3-9(4-2-8)16-5-6-18-7-10(15)17/h8-9,16H,1-7H2,(H2,15,17). The van der Waals surface area contributed by atoms with Gasteiger partial charge in [-0.2, -0.15) is 13.2 Å². The number of hydrogen-bond donors (Lipinski definition) is 2. The zero-order valence-electron chi connectivity index (χ0n) is 10.1. The van der Waals surface area contributed by atoms with Crippen LogP contribution in [0, 0.1) is 5.92 Å². The molecule has 0 spiro atoms. The summed E-state index contributed by atoms with van der Waals surface area (Å²) in [5.74, 6) is -1.68. The predicted octanol–water partition coefficient (Wildman–Crippen LogP) is 1.20. The van der Waals surface area contributed by atoms with Crippen molar-refractivity contribution in [1.29, 1.82) is 0 Å². The number of alkyl halides is 3. The van der Waals surface area contributed by atoms with Gasteiger partial charge in [0.15, 0.2) is 0 Å². The Morgan fingerprint density at radius 3 is 2.39 bits per heavy atom. The summed E-state index contributed by atoms with van der Waals surface area (Å²) in [5.41, 5.74) is 4.88. The summed E-state index contributed by atoms with van der Waals surface area (Å²) < 4.78 is 42.2. The molecule has 0 bridgehead atoms. The number of hydrogen-bond acceptors (Lipinski definition) is 3. The first kappa shape index (κ1) is 15.2. The van der Waals surface area contributed by atoms with E-state index in [-0.39, 0.29) is 25.5 Å². The molecule has 7 heteroatoms. The molecule has 0 atom stereocenters. The number of ether oxygens (including phenoxy) is 1. The summed E-state index contributed by atoms with van der Waals surface area (Å²) in [6.07, 6.45) is -2.64. The van der Waals surface area contributed by atoms with Crippen LogP contribution in [0.5, 0.6) is 0 Å². The van der Waals surface area contributed by atoms with Gasteiger partial charge in [-0.25, -0.2) is 0 Å². The molecule has 4 nitrogen and oxygen atoms in total. The van der Waals surface area contributed by atoms with E-state index in [1.165, 1.54) is 0 Å². The normalized spacial score (nSPS) is 25.1. The first-order valence-corrected chi connectivity index (χ1v) is 6.05. The minimum atomic E-state index is -4.06. The Labute approximate surface area is 104 Å². The summed E-state index contributed by atoms with van der Waals surface area (Å²) in [6, 6.07) is 0.112. The molecular weight excluding hydrogens is 249 g/mol. The smallest absolute Gasteiger partial charge is 0.370 e. The van der Waals surface area contributed by atoms with Crippen LogP contribution in [0.25, 0.3) is 0 Å². The third kappa shape index (κ3) is 5.68. The molecule has 1 fully saturated rings.